The summed E-state index contributed by atoms with van der Waals surface area (Å²) in [4.78, 5) is 19.2. The molecular weight excluding hydrogens is 308 g/mol. The van der Waals surface area contributed by atoms with Gasteiger partial charge in [-0.1, -0.05) is 41.7 Å². The molecule has 0 N–H and O–H groups in total. The summed E-state index contributed by atoms with van der Waals surface area (Å²) in [5.41, 5.74) is 1.90. The third-order valence-electron chi connectivity index (χ3n) is 4.16. The van der Waals surface area contributed by atoms with E-state index in [1.54, 1.807) is 23.3 Å². The Morgan fingerprint density at radius 1 is 1.22 bits per heavy atom. The Balaban J connectivity index is 1.66. The first-order chi connectivity index (χ1) is 11.2. The van der Waals surface area contributed by atoms with E-state index in [0.717, 1.165) is 26.7 Å². The number of anilines is 1. The molecule has 0 saturated heterocycles. The third-order valence-corrected chi connectivity index (χ3v) is 5.27. The highest BCUT2D eigenvalue weighted by atomic mass is 32.1. The average molecular weight is 324 g/mol. The minimum atomic E-state index is -0.169. The van der Waals surface area contributed by atoms with Crippen molar-refractivity contribution < 1.29 is 9.53 Å². The van der Waals surface area contributed by atoms with Crippen LogP contribution >= 0.6 is 11.3 Å². The zero-order valence-corrected chi connectivity index (χ0v) is 13.5. The van der Waals surface area contributed by atoms with E-state index in [1.807, 2.05) is 48.5 Å². The summed E-state index contributed by atoms with van der Waals surface area (Å²) in [5.74, 6) is 0.714. The van der Waals surface area contributed by atoms with Crippen LogP contribution in [0.5, 0.6) is 5.75 Å². The summed E-state index contributed by atoms with van der Waals surface area (Å²) < 4.78 is 6.75. The molecule has 116 valence electrons. The molecule has 0 radical (unpaired) electrons. The maximum Gasteiger partial charge on any atom is 0.236 e. The van der Waals surface area contributed by atoms with Gasteiger partial charge in [-0.15, -0.1) is 0 Å². The third kappa shape index (κ3) is 2.47. The normalized spacial score (nSPS) is 16.7. The molecule has 23 heavy (non-hydrogen) atoms. The number of amides is 1. The highest BCUT2D eigenvalue weighted by Gasteiger charge is 2.31. The lowest BCUT2D eigenvalue weighted by molar-refractivity contribution is -0.120. The van der Waals surface area contributed by atoms with E-state index in [1.165, 1.54) is 0 Å². The van der Waals surface area contributed by atoms with Crippen molar-refractivity contribution in [3.63, 3.8) is 0 Å². The molecule has 0 aliphatic carbocycles. The Bertz CT molecular complexity index is 841. The van der Waals surface area contributed by atoms with Crippen molar-refractivity contribution in [2.45, 2.75) is 12.3 Å². The Morgan fingerprint density at radius 2 is 2.00 bits per heavy atom. The summed E-state index contributed by atoms with van der Waals surface area (Å²) in [6.45, 7) is 0.571. The molecule has 0 fully saturated rings. The number of likely N-dealkylation sites (N-methyl/N-ethyl adjacent to an activating group) is 1. The SMILES string of the molecule is CN(C(=O)[C@@H]1CCOc2ccccc21)c1nc2ccccc2s1. The van der Waals surface area contributed by atoms with Gasteiger partial charge >= 0.3 is 0 Å². The fourth-order valence-corrected chi connectivity index (χ4v) is 3.86. The van der Waals surface area contributed by atoms with Crippen LogP contribution in [0.2, 0.25) is 0 Å². The molecule has 1 aromatic heterocycles. The number of carbonyl (C=O) groups excluding carboxylic acids is 1. The summed E-state index contributed by atoms with van der Waals surface area (Å²) >= 11 is 1.54. The second-order valence-electron chi connectivity index (χ2n) is 5.59. The van der Waals surface area contributed by atoms with Crippen LogP contribution < -0.4 is 9.64 Å². The summed E-state index contributed by atoms with van der Waals surface area (Å²) in [7, 11) is 1.80. The van der Waals surface area contributed by atoms with Crippen LogP contribution in [0.4, 0.5) is 5.13 Å². The molecule has 1 aliphatic heterocycles. The molecule has 3 aromatic rings. The molecule has 1 aliphatic rings. The number of aromatic nitrogens is 1. The van der Waals surface area contributed by atoms with E-state index in [9.17, 15) is 4.79 Å². The van der Waals surface area contributed by atoms with Gasteiger partial charge in [-0.2, -0.15) is 0 Å². The molecule has 5 heteroatoms. The second-order valence-corrected chi connectivity index (χ2v) is 6.60. The molecule has 2 heterocycles. The fourth-order valence-electron chi connectivity index (χ4n) is 2.93. The van der Waals surface area contributed by atoms with E-state index in [0.29, 0.717) is 13.0 Å². The largest absolute Gasteiger partial charge is 0.493 e. The number of thiazole rings is 1. The van der Waals surface area contributed by atoms with E-state index >= 15 is 0 Å². The van der Waals surface area contributed by atoms with Crippen molar-refractivity contribution in [1.82, 2.24) is 4.98 Å². The first-order valence-corrected chi connectivity index (χ1v) is 8.40. The van der Waals surface area contributed by atoms with Gasteiger partial charge in [0.2, 0.25) is 5.91 Å². The lowest BCUT2D eigenvalue weighted by Gasteiger charge is -2.27. The second kappa shape index (κ2) is 5.66. The van der Waals surface area contributed by atoms with Crippen molar-refractivity contribution in [3.8, 4) is 5.75 Å². The zero-order valence-electron chi connectivity index (χ0n) is 12.7. The van der Waals surface area contributed by atoms with Gasteiger partial charge < -0.3 is 4.74 Å². The fraction of sp³-hybridized carbons (Fsp3) is 0.222. The molecule has 1 amide bonds. The van der Waals surface area contributed by atoms with Crippen LogP contribution in [0.3, 0.4) is 0 Å². The molecule has 0 unspecified atom stereocenters. The van der Waals surface area contributed by atoms with Gasteiger partial charge in [0.25, 0.3) is 0 Å². The summed E-state index contributed by atoms with van der Waals surface area (Å²) in [5, 5.41) is 0.736. The van der Waals surface area contributed by atoms with Crippen LogP contribution in [-0.4, -0.2) is 24.5 Å². The van der Waals surface area contributed by atoms with Crippen molar-refractivity contribution in [2.75, 3.05) is 18.6 Å². The van der Waals surface area contributed by atoms with Crippen molar-refractivity contribution in [3.05, 3.63) is 54.1 Å². The van der Waals surface area contributed by atoms with Gasteiger partial charge in [0, 0.05) is 12.6 Å². The number of benzene rings is 2. The Hall–Kier alpha value is -2.40. The lowest BCUT2D eigenvalue weighted by atomic mass is 9.92. The van der Waals surface area contributed by atoms with Crippen LogP contribution in [0.25, 0.3) is 10.2 Å². The van der Waals surface area contributed by atoms with Crippen LogP contribution in [-0.2, 0) is 4.79 Å². The molecule has 1 atom stereocenters. The first kappa shape index (κ1) is 14.2. The highest BCUT2D eigenvalue weighted by Crippen LogP contribution is 2.36. The number of ether oxygens (including phenoxy) is 1. The first-order valence-electron chi connectivity index (χ1n) is 7.59. The zero-order chi connectivity index (χ0) is 15.8. The van der Waals surface area contributed by atoms with Crippen LogP contribution in [0.15, 0.2) is 48.5 Å². The van der Waals surface area contributed by atoms with E-state index in [-0.39, 0.29) is 11.8 Å². The molecule has 0 spiro atoms. The predicted molar refractivity (Wildman–Crippen MR) is 92.3 cm³/mol. The molecule has 0 saturated carbocycles. The number of rotatable bonds is 2. The van der Waals surface area contributed by atoms with Crippen molar-refractivity contribution in [2.24, 2.45) is 0 Å². The van der Waals surface area contributed by atoms with Gasteiger partial charge in [0.15, 0.2) is 5.13 Å². The monoisotopic (exact) mass is 324 g/mol. The van der Waals surface area contributed by atoms with Crippen LogP contribution in [0.1, 0.15) is 17.9 Å². The Kier molecular flexibility index (Phi) is 3.50. The average Bonchev–Trinajstić information content (AvgIpc) is 3.04. The number of hydrogen-bond donors (Lipinski definition) is 0. The predicted octanol–water partition coefficient (Wildman–Crippen LogP) is 3.83. The summed E-state index contributed by atoms with van der Waals surface area (Å²) in [6.07, 6.45) is 0.699. The molecular formula is C18H16N2O2S. The minimum Gasteiger partial charge on any atom is -0.493 e. The number of nitrogens with zero attached hydrogens (tertiary/aromatic N) is 2. The van der Waals surface area contributed by atoms with E-state index in [4.69, 9.17) is 4.74 Å². The van der Waals surface area contributed by atoms with Crippen LogP contribution in [0, 0.1) is 0 Å². The highest BCUT2D eigenvalue weighted by molar-refractivity contribution is 7.22. The number of para-hydroxylation sites is 2. The van der Waals surface area contributed by atoms with E-state index < -0.39 is 0 Å². The number of carbonyl (C=O) groups is 1. The molecule has 2 aromatic carbocycles. The molecule has 0 bridgehead atoms. The van der Waals surface area contributed by atoms with E-state index in [2.05, 4.69) is 4.98 Å². The smallest absolute Gasteiger partial charge is 0.236 e. The van der Waals surface area contributed by atoms with Gasteiger partial charge in [0.05, 0.1) is 22.7 Å². The van der Waals surface area contributed by atoms with Crippen molar-refractivity contribution >= 4 is 32.6 Å². The van der Waals surface area contributed by atoms with Gasteiger partial charge in [-0.05, 0) is 24.6 Å². The maximum absolute atomic E-state index is 13.0. The van der Waals surface area contributed by atoms with Gasteiger partial charge in [0.1, 0.15) is 5.75 Å². The van der Waals surface area contributed by atoms with Gasteiger partial charge in [-0.3, -0.25) is 9.69 Å². The standard InChI is InChI=1S/C18H16N2O2S/c1-20(18-19-14-7-3-5-9-16(14)23-18)17(21)13-10-11-22-15-8-4-2-6-12(13)15/h2-9,13H,10-11H2,1H3/t13-/m1/s1. The van der Waals surface area contributed by atoms with Gasteiger partial charge in [-0.25, -0.2) is 4.98 Å². The topological polar surface area (TPSA) is 42.4 Å². The Labute approximate surface area is 138 Å². The molecule has 4 nitrogen and oxygen atoms in total. The quantitative estimate of drug-likeness (QED) is 0.719. The number of fused-ring (bicyclic) bond motifs is 2. The molecule has 4 rings (SSSR count). The Morgan fingerprint density at radius 3 is 2.87 bits per heavy atom. The van der Waals surface area contributed by atoms with Crippen molar-refractivity contribution in [1.29, 1.82) is 0 Å². The minimum absolute atomic E-state index is 0.0693. The lowest BCUT2D eigenvalue weighted by Crippen LogP contribution is -2.34. The number of hydrogen-bond acceptors (Lipinski definition) is 4. The maximum atomic E-state index is 13.0. The summed E-state index contributed by atoms with van der Waals surface area (Å²) in [6, 6.07) is 15.7.